The zero-order valence-electron chi connectivity index (χ0n) is 16.5. The highest BCUT2D eigenvalue weighted by atomic mass is 32.1. The van der Waals surface area contributed by atoms with Crippen molar-refractivity contribution in [3.63, 3.8) is 0 Å². The van der Waals surface area contributed by atoms with Crippen LogP contribution in [0.3, 0.4) is 0 Å². The van der Waals surface area contributed by atoms with Gasteiger partial charge in [0.2, 0.25) is 0 Å². The molecule has 1 amide bonds. The van der Waals surface area contributed by atoms with Gasteiger partial charge in [0.1, 0.15) is 37.7 Å². The number of piperazine rings is 1. The monoisotopic (exact) mass is 410 g/mol. The molecule has 3 aromatic rings. The van der Waals surface area contributed by atoms with E-state index in [1.165, 1.54) is 26.4 Å². The number of hydrogen-bond acceptors (Lipinski definition) is 4. The van der Waals surface area contributed by atoms with Gasteiger partial charge in [-0.25, -0.2) is 4.98 Å². The number of rotatable bonds is 6. The summed E-state index contributed by atoms with van der Waals surface area (Å²) in [6.07, 6.45) is 0. The number of para-hydroxylation sites is 2. The maximum atomic E-state index is 12.5. The number of quaternary nitrogens is 2. The first-order valence-corrected chi connectivity index (χ1v) is 10.8. The summed E-state index contributed by atoms with van der Waals surface area (Å²) >= 11 is 1.78. The van der Waals surface area contributed by atoms with Crippen molar-refractivity contribution in [1.82, 2.24) is 4.98 Å². The quantitative estimate of drug-likeness (QED) is 0.516. The molecule has 29 heavy (non-hydrogen) atoms. The molecule has 1 aromatic heterocycles. The van der Waals surface area contributed by atoms with Crippen LogP contribution in [0.15, 0.2) is 48.5 Å². The second-order valence-electron chi connectivity index (χ2n) is 7.58. The number of carbonyl (C=O) groups excluding carboxylic acids is 2. The fourth-order valence-electron chi connectivity index (χ4n) is 3.84. The normalized spacial score (nSPS) is 19.2. The molecule has 0 unspecified atom stereocenters. The maximum Gasteiger partial charge on any atom is 0.279 e. The molecule has 4 rings (SSSR count). The third-order valence-electron chi connectivity index (χ3n) is 5.39. The van der Waals surface area contributed by atoms with Crippen LogP contribution >= 0.6 is 11.3 Å². The van der Waals surface area contributed by atoms with Gasteiger partial charge >= 0.3 is 0 Å². The highest BCUT2D eigenvalue weighted by molar-refractivity contribution is 7.18. The van der Waals surface area contributed by atoms with Crippen molar-refractivity contribution in [3.05, 3.63) is 59.1 Å². The number of hydrogen-bond donors (Lipinski definition) is 3. The summed E-state index contributed by atoms with van der Waals surface area (Å²) in [4.78, 5) is 31.7. The SMILES string of the molecule is CC(=O)c1ccccc1NC(=O)C[NH+]1CC[NH+](Cc2nc3ccccc3s2)CC1. The Labute approximate surface area is 174 Å². The number of benzene rings is 2. The molecule has 150 valence electrons. The lowest BCUT2D eigenvalue weighted by molar-refractivity contribution is -1.01. The van der Waals surface area contributed by atoms with E-state index in [4.69, 9.17) is 4.98 Å². The van der Waals surface area contributed by atoms with Crippen LogP contribution in [0.4, 0.5) is 5.69 Å². The Morgan fingerprint density at radius 3 is 2.45 bits per heavy atom. The van der Waals surface area contributed by atoms with E-state index in [-0.39, 0.29) is 11.7 Å². The fourth-order valence-corrected chi connectivity index (χ4v) is 4.88. The number of amides is 1. The maximum absolute atomic E-state index is 12.5. The van der Waals surface area contributed by atoms with E-state index in [0.717, 1.165) is 38.2 Å². The van der Waals surface area contributed by atoms with Gasteiger partial charge in [0.05, 0.1) is 15.9 Å². The summed E-state index contributed by atoms with van der Waals surface area (Å²) < 4.78 is 1.24. The Kier molecular flexibility index (Phi) is 5.99. The third kappa shape index (κ3) is 4.87. The highest BCUT2D eigenvalue weighted by Crippen LogP contribution is 2.20. The molecule has 0 saturated carbocycles. The summed E-state index contributed by atoms with van der Waals surface area (Å²) in [6, 6.07) is 15.4. The van der Waals surface area contributed by atoms with Gasteiger partial charge in [-0.3, -0.25) is 9.59 Å². The lowest BCUT2D eigenvalue weighted by atomic mass is 10.1. The number of anilines is 1. The van der Waals surface area contributed by atoms with Gasteiger partial charge in [-0.15, -0.1) is 11.3 Å². The average molecular weight is 411 g/mol. The van der Waals surface area contributed by atoms with E-state index in [2.05, 4.69) is 23.5 Å². The van der Waals surface area contributed by atoms with Crippen LogP contribution in [0.5, 0.6) is 0 Å². The molecular weight excluding hydrogens is 384 g/mol. The standard InChI is InChI=1S/C22H24N4O2S/c1-16(27)17-6-2-3-7-18(17)23-21(28)14-25-10-12-26(13-11-25)15-22-24-19-8-4-5-9-20(19)29-22/h2-9H,10-15H2,1H3,(H,23,28)/p+2. The van der Waals surface area contributed by atoms with Gasteiger partial charge in [-0.1, -0.05) is 24.3 Å². The Bertz CT molecular complexity index is 991. The van der Waals surface area contributed by atoms with E-state index < -0.39 is 0 Å². The minimum atomic E-state index is -0.0414. The first kappa shape index (κ1) is 19.7. The average Bonchev–Trinajstić information content (AvgIpc) is 3.12. The molecule has 0 atom stereocenters. The molecule has 0 spiro atoms. The first-order chi connectivity index (χ1) is 14.1. The summed E-state index contributed by atoms with van der Waals surface area (Å²) in [7, 11) is 0. The van der Waals surface area contributed by atoms with Crippen molar-refractivity contribution in [2.45, 2.75) is 13.5 Å². The van der Waals surface area contributed by atoms with E-state index in [9.17, 15) is 9.59 Å². The summed E-state index contributed by atoms with van der Waals surface area (Å²) in [5.74, 6) is -0.0800. The van der Waals surface area contributed by atoms with Crippen molar-refractivity contribution in [1.29, 1.82) is 0 Å². The van der Waals surface area contributed by atoms with Gasteiger partial charge < -0.3 is 15.1 Å². The molecule has 7 heteroatoms. The Morgan fingerprint density at radius 1 is 1.00 bits per heavy atom. The smallest absolute Gasteiger partial charge is 0.279 e. The molecule has 2 aromatic carbocycles. The van der Waals surface area contributed by atoms with Gasteiger partial charge in [0.25, 0.3) is 5.91 Å². The minimum absolute atomic E-state index is 0.0386. The van der Waals surface area contributed by atoms with E-state index in [0.29, 0.717) is 17.8 Å². The van der Waals surface area contributed by atoms with Crippen molar-refractivity contribution < 1.29 is 19.4 Å². The van der Waals surface area contributed by atoms with Crippen molar-refractivity contribution in [2.24, 2.45) is 0 Å². The molecule has 0 bridgehead atoms. The second-order valence-corrected chi connectivity index (χ2v) is 8.69. The Hall–Kier alpha value is -2.61. The lowest BCUT2D eigenvalue weighted by Gasteiger charge is -2.28. The minimum Gasteiger partial charge on any atom is -0.320 e. The molecule has 1 aliphatic rings. The zero-order valence-corrected chi connectivity index (χ0v) is 17.3. The largest absolute Gasteiger partial charge is 0.320 e. The van der Waals surface area contributed by atoms with Crippen LogP contribution in [0.25, 0.3) is 10.2 Å². The van der Waals surface area contributed by atoms with Crippen LogP contribution in [-0.2, 0) is 11.3 Å². The molecule has 1 saturated heterocycles. The summed E-state index contributed by atoms with van der Waals surface area (Å²) in [6.45, 7) is 6.88. The van der Waals surface area contributed by atoms with Gasteiger partial charge in [-0.05, 0) is 31.2 Å². The van der Waals surface area contributed by atoms with Crippen LogP contribution in [0.1, 0.15) is 22.3 Å². The highest BCUT2D eigenvalue weighted by Gasteiger charge is 2.26. The lowest BCUT2D eigenvalue weighted by Crippen LogP contribution is -3.28. The molecule has 6 nitrogen and oxygen atoms in total. The van der Waals surface area contributed by atoms with Crippen molar-refractivity contribution >= 4 is 38.9 Å². The fraction of sp³-hybridized carbons (Fsp3) is 0.318. The molecule has 0 radical (unpaired) electrons. The Balaban J connectivity index is 1.27. The third-order valence-corrected chi connectivity index (χ3v) is 6.43. The predicted octanol–water partition coefficient (Wildman–Crippen LogP) is 0.421. The number of aromatic nitrogens is 1. The van der Waals surface area contributed by atoms with Gasteiger partial charge in [0.15, 0.2) is 12.3 Å². The number of carbonyl (C=O) groups is 2. The van der Waals surface area contributed by atoms with E-state index >= 15 is 0 Å². The zero-order chi connectivity index (χ0) is 20.2. The van der Waals surface area contributed by atoms with Crippen molar-refractivity contribution in [2.75, 3.05) is 38.0 Å². The van der Waals surface area contributed by atoms with Crippen LogP contribution < -0.4 is 15.1 Å². The number of fused-ring (bicyclic) bond motifs is 1. The van der Waals surface area contributed by atoms with Crippen LogP contribution in [0, 0.1) is 0 Å². The molecule has 1 fully saturated rings. The molecule has 2 heterocycles. The molecule has 0 aliphatic carbocycles. The first-order valence-electron chi connectivity index (χ1n) is 10.00. The van der Waals surface area contributed by atoms with Gasteiger partial charge in [0, 0.05) is 5.56 Å². The summed E-state index contributed by atoms with van der Waals surface area (Å²) in [5.41, 5.74) is 2.24. The molecular formula is C22H26N4O2S+2. The number of nitrogens with one attached hydrogen (secondary N) is 3. The number of ketones is 1. The van der Waals surface area contributed by atoms with E-state index in [1.807, 2.05) is 18.2 Å². The number of Topliss-reactive ketones (excluding diaryl/α,β-unsaturated/α-hetero) is 1. The van der Waals surface area contributed by atoms with Crippen LogP contribution in [-0.4, -0.2) is 49.4 Å². The van der Waals surface area contributed by atoms with E-state index in [1.54, 1.807) is 23.5 Å². The van der Waals surface area contributed by atoms with Crippen molar-refractivity contribution in [3.8, 4) is 0 Å². The molecule has 1 aliphatic heterocycles. The summed E-state index contributed by atoms with van der Waals surface area (Å²) in [5, 5.41) is 4.09. The topological polar surface area (TPSA) is 67.9 Å². The predicted molar refractivity (Wildman–Crippen MR) is 115 cm³/mol. The second kappa shape index (κ2) is 8.82. The number of thiazole rings is 1. The Morgan fingerprint density at radius 2 is 1.69 bits per heavy atom. The van der Waals surface area contributed by atoms with Gasteiger partial charge in [-0.2, -0.15) is 0 Å². The number of nitrogens with zero attached hydrogens (tertiary/aromatic N) is 1. The van der Waals surface area contributed by atoms with Crippen LogP contribution in [0.2, 0.25) is 0 Å². The molecule has 3 N–H and O–H groups in total.